The quantitative estimate of drug-likeness (QED) is 0.506. The minimum Gasteiger partial charge on any atom is -0.373 e. The molecule has 0 amide bonds. The first-order valence-electron chi connectivity index (χ1n) is 9.77. The monoisotopic (exact) mass is 422 g/mol. The molecule has 1 aliphatic rings. The second-order valence-corrected chi connectivity index (χ2v) is 8.04. The predicted molar refractivity (Wildman–Crippen MR) is 117 cm³/mol. The van der Waals surface area contributed by atoms with E-state index in [-0.39, 0.29) is 5.82 Å². The van der Waals surface area contributed by atoms with Gasteiger partial charge in [-0.3, -0.25) is 10.1 Å². The molecule has 5 rings (SSSR count). The Morgan fingerprint density at radius 1 is 1.13 bits per heavy atom. The van der Waals surface area contributed by atoms with E-state index in [1.54, 1.807) is 12.3 Å². The van der Waals surface area contributed by atoms with Crippen molar-refractivity contribution in [2.45, 2.75) is 0 Å². The zero-order valence-electron chi connectivity index (χ0n) is 16.4. The normalized spacial score (nSPS) is 14.1. The number of fused-ring (bicyclic) bond motifs is 1. The summed E-state index contributed by atoms with van der Waals surface area (Å²) >= 11 is 6.07. The number of pyridine rings is 2. The number of benzene rings is 1. The fraction of sp³-hybridized carbons (Fsp3) is 0.227. The molecule has 3 aromatic heterocycles. The van der Waals surface area contributed by atoms with Gasteiger partial charge < -0.3 is 10.2 Å². The molecule has 6 nitrogen and oxygen atoms in total. The summed E-state index contributed by atoms with van der Waals surface area (Å²) < 4.78 is 14.4. The van der Waals surface area contributed by atoms with E-state index >= 15 is 0 Å². The summed E-state index contributed by atoms with van der Waals surface area (Å²) in [6.07, 6.45) is 3.59. The van der Waals surface area contributed by atoms with Crippen LogP contribution in [0.5, 0.6) is 0 Å². The number of hydrogen-bond donors (Lipinski definition) is 2. The third-order valence-corrected chi connectivity index (χ3v) is 5.70. The van der Waals surface area contributed by atoms with Crippen LogP contribution in [0.25, 0.3) is 33.5 Å². The van der Waals surface area contributed by atoms with Crippen molar-refractivity contribution in [3.63, 3.8) is 0 Å². The molecule has 0 bridgehead atoms. The highest BCUT2D eigenvalue weighted by molar-refractivity contribution is 6.30. The van der Waals surface area contributed by atoms with Gasteiger partial charge in [0, 0.05) is 54.9 Å². The summed E-state index contributed by atoms with van der Waals surface area (Å²) in [6.45, 7) is 3.08. The van der Waals surface area contributed by atoms with Gasteiger partial charge in [-0.15, -0.1) is 0 Å². The van der Waals surface area contributed by atoms with Gasteiger partial charge in [-0.05, 0) is 36.4 Å². The summed E-state index contributed by atoms with van der Waals surface area (Å²) in [7, 11) is 2.07. The molecule has 1 fully saturated rings. The Morgan fingerprint density at radius 2 is 2.00 bits per heavy atom. The Kier molecular flexibility index (Phi) is 4.84. The molecule has 0 atom stereocenters. The lowest BCUT2D eigenvalue weighted by molar-refractivity contribution is 0.353. The van der Waals surface area contributed by atoms with Gasteiger partial charge in [0.25, 0.3) is 0 Å². The number of aromatic amines is 1. The average molecular weight is 423 g/mol. The maximum atomic E-state index is 14.4. The number of halogens is 2. The van der Waals surface area contributed by atoms with E-state index in [1.165, 1.54) is 12.1 Å². The topological polar surface area (TPSA) is 69.7 Å². The summed E-state index contributed by atoms with van der Waals surface area (Å²) in [5, 5.41) is 10.8. The van der Waals surface area contributed by atoms with Gasteiger partial charge in [0.1, 0.15) is 11.5 Å². The molecule has 152 valence electrons. The highest BCUT2D eigenvalue weighted by Crippen LogP contribution is 2.33. The standard InChI is InChI=1S/C22H20ClFN6/c1-30(12-13-8-25-9-13)15-7-21-20(26-10-15)5-4-19(28-21)17-11-27-29-22(17)16-6-14(23)2-3-18(16)24/h2-7,10-11,13,25H,8-9,12H2,1H3,(H,27,29). The van der Waals surface area contributed by atoms with Crippen molar-refractivity contribution in [2.75, 3.05) is 31.6 Å². The zero-order chi connectivity index (χ0) is 20.7. The Hall–Kier alpha value is -3.03. The molecule has 4 aromatic rings. The number of anilines is 1. The minimum absolute atomic E-state index is 0.335. The van der Waals surface area contributed by atoms with E-state index in [9.17, 15) is 4.39 Å². The third-order valence-electron chi connectivity index (χ3n) is 5.46. The molecule has 4 heterocycles. The lowest BCUT2D eigenvalue weighted by Gasteiger charge is -2.32. The van der Waals surface area contributed by atoms with Crippen LogP contribution in [0.4, 0.5) is 10.1 Å². The van der Waals surface area contributed by atoms with Crippen LogP contribution in [0.2, 0.25) is 5.02 Å². The fourth-order valence-electron chi connectivity index (χ4n) is 3.69. The SMILES string of the molecule is CN(CC1CNC1)c1cnc2ccc(-c3c[nH]nc3-c3cc(Cl)ccc3F)nc2c1. The van der Waals surface area contributed by atoms with Gasteiger partial charge in [-0.1, -0.05) is 11.6 Å². The van der Waals surface area contributed by atoms with Crippen LogP contribution in [-0.4, -0.2) is 46.8 Å². The summed E-state index contributed by atoms with van der Waals surface area (Å²) in [6, 6.07) is 10.3. The highest BCUT2D eigenvalue weighted by atomic mass is 35.5. The van der Waals surface area contributed by atoms with Gasteiger partial charge in [-0.25, -0.2) is 9.37 Å². The lowest BCUT2D eigenvalue weighted by Crippen LogP contribution is -2.47. The average Bonchev–Trinajstić information content (AvgIpc) is 3.21. The maximum Gasteiger partial charge on any atom is 0.132 e. The van der Waals surface area contributed by atoms with E-state index in [0.29, 0.717) is 33.5 Å². The van der Waals surface area contributed by atoms with Crippen LogP contribution in [-0.2, 0) is 0 Å². The van der Waals surface area contributed by atoms with Gasteiger partial charge >= 0.3 is 0 Å². The van der Waals surface area contributed by atoms with E-state index in [1.807, 2.05) is 24.4 Å². The van der Waals surface area contributed by atoms with Crippen molar-refractivity contribution in [3.05, 3.63) is 59.6 Å². The number of hydrogen-bond acceptors (Lipinski definition) is 5. The molecule has 0 saturated carbocycles. The molecule has 1 saturated heterocycles. The first-order chi connectivity index (χ1) is 14.6. The molecule has 0 radical (unpaired) electrons. The van der Waals surface area contributed by atoms with Crippen LogP contribution >= 0.6 is 11.6 Å². The second kappa shape index (κ2) is 7.66. The number of aromatic nitrogens is 4. The van der Waals surface area contributed by atoms with Crippen LogP contribution in [0.1, 0.15) is 0 Å². The Bertz CT molecular complexity index is 1220. The van der Waals surface area contributed by atoms with E-state index in [4.69, 9.17) is 16.6 Å². The smallest absolute Gasteiger partial charge is 0.132 e. The number of H-pyrrole nitrogens is 1. The first-order valence-corrected chi connectivity index (χ1v) is 10.1. The molecule has 2 N–H and O–H groups in total. The van der Waals surface area contributed by atoms with Crippen LogP contribution < -0.4 is 10.2 Å². The minimum atomic E-state index is -0.385. The molecule has 0 spiro atoms. The first kappa shape index (κ1) is 19.0. The van der Waals surface area contributed by atoms with Crippen molar-refractivity contribution >= 4 is 28.3 Å². The predicted octanol–water partition coefficient (Wildman–Crippen LogP) is 4.14. The Balaban J connectivity index is 1.52. The Morgan fingerprint density at radius 3 is 2.80 bits per heavy atom. The molecule has 1 aromatic carbocycles. The van der Waals surface area contributed by atoms with Crippen molar-refractivity contribution in [2.24, 2.45) is 5.92 Å². The fourth-order valence-corrected chi connectivity index (χ4v) is 3.87. The Labute approximate surface area is 178 Å². The van der Waals surface area contributed by atoms with E-state index < -0.39 is 0 Å². The third kappa shape index (κ3) is 3.51. The van der Waals surface area contributed by atoms with Gasteiger partial charge in [0.2, 0.25) is 0 Å². The number of nitrogens with one attached hydrogen (secondary N) is 2. The summed E-state index contributed by atoms with van der Waals surface area (Å²) in [4.78, 5) is 11.6. The van der Waals surface area contributed by atoms with Crippen LogP contribution in [0.15, 0.2) is 48.8 Å². The van der Waals surface area contributed by atoms with Crippen LogP contribution in [0.3, 0.4) is 0 Å². The second-order valence-electron chi connectivity index (χ2n) is 7.60. The molecular formula is C22H20ClFN6. The summed E-state index contributed by atoms with van der Waals surface area (Å²) in [5.41, 5.74) is 4.81. The molecule has 1 aliphatic heterocycles. The van der Waals surface area contributed by atoms with Gasteiger partial charge in [-0.2, -0.15) is 5.10 Å². The van der Waals surface area contributed by atoms with Crippen molar-refractivity contribution in [1.82, 2.24) is 25.5 Å². The molecular weight excluding hydrogens is 403 g/mol. The lowest BCUT2D eigenvalue weighted by atomic mass is 10.0. The van der Waals surface area contributed by atoms with Gasteiger partial charge in [0.05, 0.1) is 28.6 Å². The zero-order valence-corrected chi connectivity index (χ0v) is 17.1. The van der Waals surface area contributed by atoms with E-state index in [2.05, 4.69) is 32.4 Å². The highest BCUT2D eigenvalue weighted by Gasteiger charge is 2.19. The number of rotatable bonds is 5. The molecule has 0 aliphatic carbocycles. The largest absolute Gasteiger partial charge is 0.373 e. The molecule has 8 heteroatoms. The van der Waals surface area contributed by atoms with E-state index in [0.717, 1.165) is 36.4 Å². The molecule has 0 unspecified atom stereocenters. The maximum absolute atomic E-state index is 14.4. The molecule has 30 heavy (non-hydrogen) atoms. The van der Waals surface area contributed by atoms with Crippen LogP contribution in [0, 0.1) is 11.7 Å². The summed E-state index contributed by atoms with van der Waals surface area (Å²) in [5.74, 6) is 0.274. The van der Waals surface area contributed by atoms with Crippen molar-refractivity contribution in [3.8, 4) is 22.5 Å². The van der Waals surface area contributed by atoms with Crippen molar-refractivity contribution < 1.29 is 4.39 Å². The van der Waals surface area contributed by atoms with Crippen molar-refractivity contribution in [1.29, 1.82) is 0 Å². The number of nitrogens with zero attached hydrogens (tertiary/aromatic N) is 4. The van der Waals surface area contributed by atoms with Gasteiger partial charge in [0.15, 0.2) is 0 Å².